The van der Waals surface area contributed by atoms with E-state index in [1.54, 1.807) is 6.20 Å². The second-order valence-corrected chi connectivity index (χ2v) is 5.79. The van der Waals surface area contributed by atoms with Crippen molar-refractivity contribution in [2.45, 2.75) is 26.7 Å². The minimum atomic E-state index is 0.0404. The topological polar surface area (TPSA) is 36.4 Å². The number of aromatic nitrogens is 1. The Morgan fingerprint density at radius 1 is 1.22 bits per heavy atom. The first kappa shape index (κ1) is 15.5. The van der Waals surface area contributed by atoms with E-state index < -0.39 is 0 Å². The van der Waals surface area contributed by atoms with Crippen LogP contribution in [0.1, 0.15) is 36.2 Å². The van der Waals surface area contributed by atoms with E-state index in [1.807, 2.05) is 35.4 Å². The van der Waals surface area contributed by atoms with Gasteiger partial charge in [0, 0.05) is 31.5 Å². The van der Waals surface area contributed by atoms with Crippen molar-refractivity contribution in [1.82, 2.24) is 4.98 Å². The van der Waals surface area contributed by atoms with Crippen LogP contribution in [0.2, 0.25) is 0 Å². The van der Waals surface area contributed by atoms with Crippen molar-refractivity contribution in [2.75, 3.05) is 29.4 Å². The molecule has 4 nitrogen and oxygen atoms in total. The normalized spacial score (nSPS) is 13.6. The molecule has 0 unspecified atom stereocenters. The van der Waals surface area contributed by atoms with Crippen molar-refractivity contribution in [3.05, 3.63) is 53.9 Å². The number of para-hydroxylation sites is 1. The van der Waals surface area contributed by atoms with Gasteiger partial charge in [-0.3, -0.25) is 9.78 Å². The Hall–Kier alpha value is -2.36. The highest BCUT2D eigenvalue weighted by atomic mass is 16.2. The number of benzene rings is 1. The molecule has 2 aromatic rings. The van der Waals surface area contributed by atoms with Gasteiger partial charge in [0.05, 0.1) is 17.4 Å². The Balaban J connectivity index is 1.91. The fourth-order valence-electron chi connectivity index (χ4n) is 3.21. The molecule has 23 heavy (non-hydrogen) atoms. The molecule has 1 aromatic heterocycles. The van der Waals surface area contributed by atoms with Gasteiger partial charge < -0.3 is 9.80 Å². The average Bonchev–Trinajstić information content (AvgIpc) is 2.62. The molecule has 0 N–H and O–H groups in total. The van der Waals surface area contributed by atoms with Crippen molar-refractivity contribution in [3.63, 3.8) is 0 Å². The molecule has 0 aliphatic carbocycles. The molecule has 1 aliphatic rings. The van der Waals surface area contributed by atoms with E-state index in [2.05, 4.69) is 29.8 Å². The zero-order chi connectivity index (χ0) is 16.2. The Labute approximate surface area is 137 Å². The van der Waals surface area contributed by atoms with E-state index >= 15 is 0 Å². The second kappa shape index (κ2) is 6.82. The van der Waals surface area contributed by atoms with Crippen LogP contribution in [0.25, 0.3) is 0 Å². The summed E-state index contributed by atoms with van der Waals surface area (Å²) in [7, 11) is 0. The van der Waals surface area contributed by atoms with E-state index in [9.17, 15) is 4.79 Å². The van der Waals surface area contributed by atoms with E-state index in [-0.39, 0.29) is 5.91 Å². The third-order valence-corrected chi connectivity index (χ3v) is 4.45. The minimum absolute atomic E-state index is 0.0404. The van der Waals surface area contributed by atoms with Gasteiger partial charge in [0.1, 0.15) is 0 Å². The standard InChI is InChI=1S/C19H23N3O/c1-3-21(4-2)17-12-16(13-20-14-17)19(23)22-11-7-9-15-8-5-6-10-18(15)22/h5-6,8,10,12-14H,3-4,7,9,11H2,1-2H3. The quantitative estimate of drug-likeness (QED) is 0.867. The van der Waals surface area contributed by atoms with Crippen molar-refractivity contribution in [1.29, 1.82) is 0 Å². The van der Waals surface area contributed by atoms with Gasteiger partial charge in [-0.2, -0.15) is 0 Å². The highest BCUT2D eigenvalue weighted by molar-refractivity contribution is 6.07. The summed E-state index contributed by atoms with van der Waals surface area (Å²) in [5.74, 6) is 0.0404. The number of carbonyl (C=O) groups excluding carboxylic acids is 1. The zero-order valence-corrected chi connectivity index (χ0v) is 13.8. The van der Waals surface area contributed by atoms with E-state index in [4.69, 9.17) is 0 Å². The smallest absolute Gasteiger partial charge is 0.259 e. The van der Waals surface area contributed by atoms with Crippen LogP contribution in [0.3, 0.4) is 0 Å². The predicted molar refractivity (Wildman–Crippen MR) is 94.2 cm³/mol. The molecule has 1 aliphatic heterocycles. The summed E-state index contributed by atoms with van der Waals surface area (Å²) >= 11 is 0. The van der Waals surface area contributed by atoms with Gasteiger partial charge in [-0.1, -0.05) is 18.2 Å². The molecule has 4 heteroatoms. The van der Waals surface area contributed by atoms with Crippen LogP contribution in [0.5, 0.6) is 0 Å². The molecule has 3 rings (SSSR count). The number of anilines is 2. The van der Waals surface area contributed by atoms with E-state index in [0.717, 1.165) is 43.9 Å². The maximum Gasteiger partial charge on any atom is 0.259 e. The van der Waals surface area contributed by atoms with Crippen LogP contribution in [0.4, 0.5) is 11.4 Å². The lowest BCUT2D eigenvalue weighted by Gasteiger charge is -2.29. The first-order chi connectivity index (χ1) is 11.2. The SMILES string of the molecule is CCN(CC)c1cncc(C(=O)N2CCCc3ccccc32)c1. The van der Waals surface area contributed by atoms with Gasteiger partial charge in [0.25, 0.3) is 5.91 Å². The number of rotatable bonds is 4. The highest BCUT2D eigenvalue weighted by Crippen LogP contribution is 2.28. The van der Waals surface area contributed by atoms with Crippen LogP contribution in [-0.4, -0.2) is 30.5 Å². The van der Waals surface area contributed by atoms with Crippen molar-refractivity contribution >= 4 is 17.3 Å². The summed E-state index contributed by atoms with van der Waals surface area (Å²) in [6.45, 7) is 6.80. The zero-order valence-electron chi connectivity index (χ0n) is 13.8. The molecular weight excluding hydrogens is 286 g/mol. The Morgan fingerprint density at radius 3 is 2.78 bits per heavy atom. The third-order valence-electron chi connectivity index (χ3n) is 4.45. The fraction of sp³-hybridized carbons (Fsp3) is 0.368. The number of nitrogens with zero attached hydrogens (tertiary/aromatic N) is 3. The second-order valence-electron chi connectivity index (χ2n) is 5.79. The predicted octanol–water partition coefficient (Wildman–Crippen LogP) is 3.52. The third kappa shape index (κ3) is 3.07. The molecule has 0 radical (unpaired) electrons. The molecule has 0 bridgehead atoms. The van der Waals surface area contributed by atoms with Crippen LogP contribution in [-0.2, 0) is 6.42 Å². The lowest BCUT2D eigenvalue weighted by atomic mass is 10.0. The highest BCUT2D eigenvalue weighted by Gasteiger charge is 2.23. The van der Waals surface area contributed by atoms with Gasteiger partial charge in [-0.05, 0) is 44.4 Å². The number of hydrogen-bond donors (Lipinski definition) is 0. The summed E-state index contributed by atoms with van der Waals surface area (Å²) in [6.07, 6.45) is 5.55. The molecule has 1 amide bonds. The molecule has 2 heterocycles. The van der Waals surface area contributed by atoms with Crippen molar-refractivity contribution in [2.24, 2.45) is 0 Å². The van der Waals surface area contributed by atoms with Gasteiger partial charge in [-0.15, -0.1) is 0 Å². The monoisotopic (exact) mass is 309 g/mol. The maximum absolute atomic E-state index is 13.0. The van der Waals surface area contributed by atoms with E-state index in [1.165, 1.54) is 5.56 Å². The lowest BCUT2D eigenvalue weighted by Crippen LogP contribution is -2.35. The Bertz CT molecular complexity index is 695. The summed E-state index contributed by atoms with van der Waals surface area (Å²) in [5, 5.41) is 0. The summed E-state index contributed by atoms with van der Waals surface area (Å²) in [5.41, 5.74) is 3.95. The summed E-state index contributed by atoms with van der Waals surface area (Å²) in [6, 6.07) is 10.1. The lowest BCUT2D eigenvalue weighted by molar-refractivity contribution is 0.0985. The number of pyridine rings is 1. The maximum atomic E-state index is 13.0. The molecular formula is C19H23N3O. The molecule has 0 atom stereocenters. The largest absolute Gasteiger partial charge is 0.371 e. The first-order valence-corrected chi connectivity index (χ1v) is 8.34. The summed E-state index contributed by atoms with van der Waals surface area (Å²) < 4.78 is 0. The van der Waals surface area contributed by atoms with Crippen LogP contribution < -0.4 is 9.80 Å². The Kier molecular flexibility index (Phi) is 4.60. The molecule has 0 fully saturated rings. The number of hydrogen-bond acceptors (Lipinski definition) is 3. The van der Waals surface area contributed by atoms with Gasteiger partial charge in [0.15, 0.2) is 0 Å². The number of amides is 1. The van der Waals surface area contributed by atoms with Crippen LogP contribution in [0.15, 0.2) is 42.7 Å². The number of carbonyl (C=O) groups is 1. The fourth-order valence-corrected chi connectivity index (χ4v) is 3.21. The average molecular weight is 309 g/mol. The molecule has 1 aromatic carbocycles. The number of fused-ring (bicyclic) bond motifs is 1. The van der Waals surface area contributed by atoms with Gasteiger partial charge in [0.2, 0.25) is 0 Å². The van der Waals surface area contributed by atoms with Gasteiger partial charge in [-0.25, -0.2) is 0 Å². The van der Waals surface area contributed by atoms with Gasteiger partial charge >= 0.3 is 0 Å². The van der Waals surface area contributed by atoms with Crippen LogP contribution >= 0.6 is 0 Å². The Morgan fingerprint density at radius 2 is 2.00 bits per heavy atom. The van der Waals surface area contributed by atoms with Crippen molar-refractivity contribution in [3.8, 4) is 0 Å². The van der Waals surface area contributed by atoms with Crippen molar-refractivity contribution < 1.29 is 4.79 Å². The summed E-state index contributed by atoms with van der Waals surface area (Å²) in [4.78, 5) is 21.4. The molecule has 0 saturated carbocycles. The molecule has 120 valence electrons. The molecule has 0 saturated heterocycles. The van der Waals surface area contributed by atoms with E-state index in [0.29, 0.717) is 5.56 Å². The van der Waals surface area contributed by atoms with Crippen LogP contribution in [0, 0.1) is 0 Å². The first-order valence-electron chi connectivity index (χ1n) is 8.34. The molecule has 0 spiro atoms. The number of aryl methyl sites for hydroxylation is 1. The minimum Gasteiger partial charge on any atom is -0.371 e.